The second-order valence-electron chi connectivity index (χ2n) is 4.92. The number of anilines is 1. The SMILES string of the molecule is CC(C)CN1CCN(c2ncc[nH]c2=O)CC1. The number of hydrogen-bond donors (Lipinski definition) is 1. The Bertz CT molecular complexity index is 407. The minimum Gasteiger partial charge on any atom is -0.349 e. The van der Waals surface area contributed by atoms with Crippen molar-refractivity contribution in [2.45, 2.75) is 13.8 Å². The molecule has 1 fully saturated rings. The lowest BCUT2D eigenvalue weighted by atomic mass is 10.2. The lowest BCUT2D eigenvalue weighted by molar-refractivity contribution is 0.230. The molecule has 0 radical (unpaired) electrons. The highest BCUT2D eigenvalue weighted by molar-refractivity contribution is 5.35. The molecule has 0 aromatic carbocycles. The van der Waals surface area contributed by atoms with E-state index in [-0.39, 0.29) is 5.56 Å². The average Bonchev–Trinajstić information content (AvgIpc) is 2.30. The van der Waals surface area contributed by atoms with E-state index in [4.69, 9.17) is 0 Å². The van der Waals surface area contributed by atoms with Crippen LogP contribution < -0.4 is 10.5 Å². The second kappa shape index (κ2) is 5.31. The highest BCUT2D eigenvalue weighted by atomic mass is 16.1. The van der Waals surface area contributed by atoms with Crippen molar-refractivity contribution in [1.82, 2.24) is 14.9 Å². The van der Waals surface area contributed by atoms with Gasteiger partial charge < -0.3 is 9.88 Å². The summed E-state index contributed by atoms with van der Waals surface area (Å²) in [7, 11) is 0. The van der Waals surface area contributed by atoms with Gasteiger partial charge in [0.25, 0.3) is 5.56 Å². The van der Waals surface area contributed by atoms with Crippen LogP contribution in [0.25, 0.3) is 0 Å². The van der Waals surface area contributed by atoms with Crippen LogP contribution in [-0.4, -0.2) is 47.6 Å². The number of aromatic nitrogens is 2. The third kappa shape index (κ3) is 3.06. The quantitative estimate of drug-likeness (QED) is 0.832. The van der Waals surface area contributed by atoms with Gasteiger partial charge in [0, 0.05) is 45.1 Å². The Morgan fingerprint density at radius 2 is 2.06 bits per heavy atom. The van der Waals surface area contributed by atoms with Crippen molar-refractivity contribution >= 4 is 5.82 Å². The highest BCUT2D eigenvalue weighted by Gasteiger charge is 2.19. The maximum Gasteiger partial charge on any atom is 0.290 e. The van der Waals surface area contributed by atoms with Crippen LogP contribution in [0, 0.1) is 5.92 Å². The third-order valence-corrected chi connectivity index (χ3v) is 2.98. The number of hydrogen-bond acceptors (Lipinski definition) is 4. The van der Waals surface area contributed by atoms with Crippen LogP contribution in [0.15, 0.2) is 17.2 Å². The van der Waals surface area contributed by atoms with E-state index in [1.165, 1.54) is 0 Å². The first kappa shape index (κ1) is 12.1. The van der Waals surface area contributed by atoms with E-state index in [1.807, 2.05) is 0 Å². The molecule has 2 heterocycles. The Morgan fingerprint density at radius 1 is 1.35 bits per heavy atom. The van der Waals surface area contributed by atoms with Crippen molar-refractivity contribution < 1.29 is 0 Å². The van der Waals surface area contributed by atoms with Crippen molar-refractivity contribution in [2.24, 2.45) is 5.92 Å². The monoisotopic (exact) mass is 236 g/mol. The molecular formula is C12H20N4O. The molecule has 5 heteroatoms. The summed E-state index contributed by atoms with van der Waals surface area (Å²) in [5.41, 5.74) is -0.0928. The first-order valence-corrected chi connectivity index (χ1v) is 6.18. The molecule has 0 spiro atoms. The minimum absolute atomic E-state index is 0.0928. The van der Waals surface area contributed by atoms with Gasteiger partial charge in [0.2, 0.25) is 0 Å². The van der Waals surface area contributed by atoms with Gasteiger partial charge in [-0.3, -0.25) is 9.69 Å². The Hall–Kier alpha value is -1.36. The zero-order valence-corrected chi connectivity index (χ0v) is 10.5. The van der Waals surface area contributed by atoms with Crippen LogP contribution in [0.2, 0.25) is 0 Å². The smallest absolute Gasteiger partial charge is 0.290 e. The topological polar surface area (TPSA) is 52.2 Å². The van der Waals surface area contributed by atoms with Gasteiger partial charge in [-0.15, -0.1) is 0 Å². The summed E-state index contributed by atoms with van der Waals surface area (Å²) in [5, 5.41) is 0. The van der Waals surface area contributed by atoms with E-state index in [9.17, 15) is 4.79 Å². The average molecular weight is 236 g/mol. The van der Waals surface area contributed by atoms with Crippen LogP contribution in [0.4, 0.5) is 5.82 Å². The van der Waals surface area contributed by atoms with Gasteiger partial charge in [0.15, 0.2) is 5.82 Å². The molecule has 5 nitrogen and oxygen atoms in total. The zero-order valence-electron chi connectivity index (χ0n) is 10.5. The molecule has 1 aliphatic heterocycles. The van der Waals surface area contributed by atoms with E-state index in [1.54, 1.807) is 12.4 Å². The Kier molecular flexibility index (Phi) is 3.78. The minimum atomic E-state index is -0.0928. The fourth-order valence-electron chi connectivity index (χ4n) is 2.23. The summed E-state index contributed by atoms with van der Waals surface area (Å²) in [5.74, 6) is 1.25. The summed E-state index contributed by atoms with van der Waals surface area (Å²) >= 11 is 0. The number of rotatable bonds is 3. The number of nitrogens with one attached hydrogen (secondary N) is 1. The van der Waals surface area contributed by atoms with Crippen LogP contribution in [0.5, 0.6) is 0 Å². The normalized spacial score (nSPS) is 17.7. The number of aromatic amines is 1. The van der Waals surface area contributed by atoms with Gasteiger partial charge in [-0.25, -0.2) is 4.98 Å². The van der Waals surface area contributed by atoms with Crippen molar-refractivity contribution in [1.29, 1.82) is 0 Å². The van der Waals surface area contributed by atoms with Crippen LogP contribution >= 0.6 is 0 Å². The maximum atomic E-state index is 11.6. The molecule has 0 saturated carbocycles. The fraction of sp³-hybridized carbons (Fsp3) is 0.667. The van der Waals surface area contributed by atoms with Gasteiger partial charge in [0.1, 0.15) is 0 Å². The Morgan fingerprint density at radius 3 is 2.65 bits per heavy atom. The molecular weight excluding hydrogens is 216 g/mol. The lowest BCUT2D eigenvalue weighted by Gasteiger charge is -2.35. The molecule has 17 heavy (non-hydrogen) atoms. The van der Waals surface area contributed by atoms with Gasteiger partial charge >= 0.3 is 0 Å². The van der Waals surface area contributed by atoms with Crippen LogP contribution in [-0.2, 0) is 0 Å². The van der Waals surface area contributed by atoms with E-state index in [2.05, 4.69) is 33.6 Å². The van der Waals surface area contributed by atoms with Gasteiger partial charge in [0.05, 0.1) is 0 Å². The molecule has 2 rings (SSSR count). The number of H-pyrrole nitrogens is 1. The summed E-state index contributed by atoms with van der Waals surface area (Å²) in [4.78, 5) is 22.9. The molecule has 1 saturated heterocycles. The van der Waals surface area contributed by atoms with Crippen LogP contribution in [0.3, 0.4) is 0 Å². The first-order chi connectivity index (χ1) is 8.16. The van der Waals surface area contributed by atoms with Gasteiger partial charge in [-0.1, -0.05) is 13.8 Å². The second-order valence-corrected chi connectivity index (χ2v) is 4.92. The van der Waals surface area contributed by atoms with Gasteiger partial charge in [-0.05, 0) is 5.92 Å². The van der Waals surface area contributed by atoms with E-state index in [0.717, 1.165) is 32.7 Å². The van der Waals surface area contributed by atoms with Crippen molar-refractivity contribution in [3.63, 3.8) is 0 Å². The Balaban J connectivity index is 1.96. The standard InChI is InChI=1S/C12H20N4O/c1-10(2)9-15-5-7-16(8-6-15)11-12(17)14-4-3-13-11/h3-4,10H,5-9H2,1-2H3,(H,14,17). The molecule has 0 bridgehead atoms. The van der Waals surface area contributed by atoms with E-state index < -0.39 is 0 Å². The molecule has 0 amide bonds. The lowest BCUT2D eigenvalue weighted by Crippen LogP contribution is -2.49. The zero-order chi connectivity index (χ0) is 12.3. The van der Waals surface area contributed by atoms with Crippen molar-refractivity contribution in [2.75, 3.05) is 37.6 Å². The summed E-state index contributed by atoms with van der Waals surface area (Å²) in [6.07, 6.45) is 3.21. The molecule has 1 aliphatic rings. The predicted octanol–water partition coefficient (Wildman–Crippen LogP) is 0.548. The number of piperazine rings is 1. The van der Waals surface area contributed by atoms with Gasteiger partial charge in [-0.2, -0.15) is 0 Å². The van der Waals surface area contributed by atoms with E-state index >= 15 is 0 Å². The first-order valence-electron chi connectivity index (χ1n) is 6.18. The molecule has 0 unspecified atom stereocenters. The molecule has 1 aromatic rings. The van der Waals surface area contributed by atoms with E-state index in [0.29, 0.717) is 11.7 Å². The van der Waals surface area contributed by atoms with Crippen molar-refractivity contribution in [3.05, 3.63) is 22.7 Å². The molecule has 0 atom stereocenters. The third-order valence-electron chi connectivity index (χ3n) is 2.98. The summed E-state index contributed by atoms with van der Waals surface area (Å²) in [6, 6.07) is 0. The number of nitrogens with zero attached hydrogens (tertiary/aromatic N) is 3. The molecule has 1 N–H and O–H groups in total. The summed E-state index contributed by atoms with van der Waals surface area (Å²) < 4.78 is 0. The summed E-state index contributed by atoms with van der Waals surface area (Å²) in [6.45, 7) is 9.38. The largest absolute Gasteiger partial charge is 0.349 e. The molecule has 1 aromatic heterocycles. The highest BCUT2D eigenvalue weighted by Crippen LogP contribution is 2.09. The fourth-order valence-corrected chi connectivity index (χ4v) is 2.23. The predicted molar refractivity (Wildman–Crippen MR) is 68.3 cm³/mol. The van der Waals surface area contributed by atoms with Crippen molar-refractivity contribution in [3.8, 4) is 0 Å². The molecule has 0 aliphatic carbocycles. The maximum absolute atomic E-state index is 11.6. The van der Waals surface area contributed by atoms with Crippen LogP contribution in [0.1, 0.15) is 13.8 Å². The Labute approximate surface area is 101 Å². The molecule has 94 valence electrons.